The lowest BCUT2D eigenvalue weighted by atomic mass is 10.2. The number of anilines is 1. The van der Waals surface area contributed by atoms with Crippen LogP contribution in [0.2, 0.25) is 0 Å². The summed E-state index contributed by atoms with van der Waals surface area (Å²) in [5.41, 5.74) is 4.90. The lowest BCUT2D eigenvalue weighted by Crippen LogP contribution is -2.34. The SMILES string of the molecule is CCN(CC)CCNC(=O)c1ccc(NC(=O)Cc2c(C)nc3c(C)cccn23)cc1.Cl. The fourth-order valence-corrected chi connectivity index (χ4v) is 3.61. The molecule has 0 bridgehead atoms. The van der Waals surface area contributed by atoms with Crippen LogP contribution in [0.3, 0.4) is 0 Å². The van der Waals surface area contributed by atoms with Crippen LogP contribution in [-0.4, -0.2) is 52.3 Å². The summed E-state index contributed by atoms with van der Waals surface area (Å²) in [5, 5.41) is 5.85. The van der Waals surface area contributed by atoms with E-state index in [1.54, 1.807) is 24.3 Å². The maximum absolute atomic E-state index is 12.6. The van der Waals surface area contributed by atoms with Crippen molar-refractivity contribution in [1.29, 1.82) is 0 Å². The standard InChI is InChI=1S/C24H31N5O2.ClH/c1-5-28(6-2)15-13-25-24(31)19-9-11-20(12-10-19)27-22(30)16-21-18(4)26-23-17(3)8-7-14-29(21)23;/h7-12,14H,5-6,13,15-16H2,1-4H3,(H,25,31)(H,27,30);1H. The molecule has 2 aromatic heterocycles. The van der Waals surface area contributed by atoms with Gasteiger partial charge in [0.2, 0.25) is 5.91 Å². The number of aromatic nitrogens is 2. The molecule has 0 saturated heterocycles. The minimum atomic E-state index is -0.122. The first-order valence-electron chi connectivity index (χ1n) is 10.8. The third-order valence-corrected chi connectivity index (χ3v) is 5.51. The van der Waals surface area contributed by atoms with Gasteiger partial charge in [-0.1, -0.05) is 19.9 Å². The van der Waals surface area contributed by atoms with E-state index in [0.29, 0.717) is 17.8 Å². The molecule has 0 fully saturated rings. The molecule has 0 spiro atoms. The second kappa shape index (κ2) is 11.6. The zero-order chi connectivity index (χ0) is 22.4. The van der Waals surface area contributed by atoms with Crippen LogP contribution in [0.25, 0.3) is 5.65 Å². The molecule has 2 heterocycles. The third-order valence-electron chi connectivity index (χ3n) is 5.51. The van der Waals surface area contributed by atoms with Gasteiger partial charge in [0.1, 0.15) is 5.65 Å². The van der Waals surface area contributed by atoms with Crippen molar-refractivity contribution in [2.75, 3.05) is 31.5 Å². The van der Waals surface area contributed by atoms with E-state index < -0.39 is 0 Å². The summed E-state index contributed by atoms with van der Waals surface area (Å²) >= 11 is 0. The number of nitrogens with zero attached hydrogens (tertiary/aromatic N) is 3. The van der Waals surface area contributed by atoms with Crippen molar-refractivity contribution in [2.45, 2.75) is 34.1 Å². The molecule has 2 N–H and O–H groups in total. The molecule has 172 valence electrons. The van der Waals surface area contributed by atoms with Gasteiger partial charge in [0, 0.05) is 30.5 Å². The number of fused-ring (bicyclic) bond motifs is 1. The third kappa shape index (κ3) is 6.08. The highest BCUT2D eigenvalue weighted by Gasteiger charge is 2.14. The van der Waals surface area contributed by atoms with Crippen LogP contribution in [-0.2, 0) is 11.2 Å². The predicted octanol–water partition coefficient (Wildman–Crippen LogP) is 3.63. The highest BCUT2D eigenvalue weighted by Crippen LogP contribution is 2.17. The molecule has 1 aromatic carbocycles. The molecular weight excluding hydrogens is 426 g/mol. The topological polar surface area (TPSA) is 78.7 Å². The number of amides is 2. The summed E-state index contributed by atoms with van der Waals surface area (Å²) in [6, 6.07) is 10.9. The van der Waals surface area contributed by atoms with E-state index in [0.717, 1.165) is 42.2 Å². The van der Waals surface area contributed by atoms with Crippen LogP contribution in [0.4, 0.5) is 5.69 Å². The minimum absolute atomic E-state index is 0. The van der Waals surface area contributed by atoms with Gasteiger partial charge >= 0.3 is 0 Å². The Hall–Kier alpha value is -2.90. The quantitative estimate of drug-likeness (QED) is 0.514. The Balaban J connectivity index is 0.00000363. The van der Waals surface area contributed by atoms with Crippen LogP contribution < -0.4 is 10.6 Å². The van der Waals surface area contributed by atoms with Crippen LogP contribution in [0.1, 0.15) is 41.2 Å². The fourth-order valence-electron chi connectivity index (χ4n) is 3.61. The average Bonchev–Trinajstić information content (AvgIpc) is 3.08. The lowest BCUT2D eigenvalue weighted by molar-refractivity contribution is -0.115. The number of halogens is 1. The summed E-state index contributed by atoms with van der Waals surface area (Å²) in [7, 11) is 0. The fraction of sp³-hybridized carbons (Fsp3) is 0.375. The molecule has 0 aliphatic carbocycles. The van der Waals surface area contributed by atoms with E-state index in [4.69, 9.17) is 0 Å². The Labute approximate surface area is 195 Å². The normalized spacial score (nSPS) is 10.8. The van der Waals surface area contributed by atoms with Gasteiger partial charge in [-0.15, -0.1) is 12.4 Å². The molecule has 2 amide bonds. The average molecular weight is 458 g/mol. The molecule has 7 nitrogen and oxygen atoms in total. The summed E-state index contributed by atoms with van der Waals surface area (Å²) in [4.78, 5) is 31.8. The van der Waals surface area contributed by atoms with E-state index in [9.17, 15) is 9.59 Å². The van der Waals surface area contributed by atoms with Crippen molar-refractivity contribution in [3.05, 3.63) is 65.1 Å². The van der Waals surface area contributed by atoms with Gasteiger partial charge in [0.15, 0.2) is 0 Å². The number of likely N-dealkylation sites (N-methyl/N-ethyl adjacent to an activating group) is 1. The van der Waals surface area contributed by atoms with Crippen molar-refractivity contribution < 1.29 is 9.59 Å². The maximum Gasteiger partial charge on any atom is 0.251 e. The number of aryl methyl sites for hydroxylation is 2. The number of carbonyl (C=O) groups excluding carboxylic acids is 2. The number of nitrogens with one attached hydrogen (secondary N) is 2. The maximum atomic E-state index is 12.6. The summed E-state index contributed by atoms with van der Waals surface area (Å²) in [5.74, 6) is -0.232. The lowest BCUT2D eigenvalue weighted by Gasteiger charge is -2.18. The number of rotatable bonds is 9. The van der Waals surface area contributed by atoms with Gasteiger partial charge < -0.3 is 19.9 Å². The molecule has 0 atom stereocenters. The first-order valence-corrected chi connectivity index (χ1v) is 10.8. The van der Waals surface area contributed by atoms with E-state index in [2.05, 4.69) is 34.4 Å². The number of pyridine rings is 1. The smallest absolute Gasteiger partial charge is 0.251 e. The van der Waals surface area contributed by atoms with Gasteiger partial charge in [-0.25, -0.2) is 4.98 Å². The zero-order valence-electron chi connectivity index (χ0n) is 19.1. The number of hydrogen-bond donors (Lipinski definition) is 2. The van der Waals surface area contributed by atoms with Gasteiger partial charge in [0.05, 0.1) is 17.8 Å². The summed E-state index contributed by atoms with van der Waals surface area (Å²) in [6.45, 7) is 11.5. The van der Waals surface area contributed by atoms with Crippen LogP contribution in [0, 0.1) is 13.8 Å². The van der Waals surface area contributed by atoms with Crippen LogP contribution >= 0.6 is 12.4 Å². The molecule has 0 radical (unpaired) electrons. The Morgan fingerprint density at radius 1 is 1.06 bits per heavy atom. The molecule has 3 aromatic rings. The molecule has 0 saturated carbocycles. The molecule has 0 unspecified atom stereocenters. The molecule has 32 heavy (non-hydrogen) atoms. The van der Waals surface area contributed by atoms with Crippen molar-refractivity contribution in [3.63, 3.8) is 0 Å². The molecule has 0 aliphatic heterocycles. The van der Waals surface area contributed by atoms with E-state index in [-0.39, 0.29) is 30.6 Å². The van der Waals surface area contributed by atoms with Crippen molar-refractivity contribution in [3.8, 4) is 0 Å². The van der Waals surface area contributed by atoms with Crippen LogP contribution in [0.15, 0.2) is 42.6 Å². The highest BCUT2D eigenvalue weighted by molar-refractivity contribution is 5.96. The highest BCUT2D eigenvalue weighted by atomic mass is 35.5. The van der Waals surface area contributed by atoms with Gasteiger partial charge in [-0.2, -0.15) is 0 Å². The largest absolute Gasteiger partial charge is 0.351 e. The molecule has 3 rings (SSSR count). The summed E-state index contributed by atoms with van der Waals surface area (Å²) < 4.78 is 1.97. The molecule has 0 aliphatic rings. The summed E-state index contributed by atoms with van der Waals surface area (Å²) in [6.07, 6.45) is 2.16. The molecule has 8 heteroatoms. The number of hydrogen-bond acceptors (Lipinski definition) is 4. The Kier molecular flexibility index (Phi) is 9.23. The first kappa shape index (κ1) is 25.4. The van der Waals surface area contributed by atoms with Gasteiger partial charge in [-0.05, 0) is 62.8 Å². The Morgan fingerprint density at radius 2 is 1.75 bits per heavy atom. The number of benzene rings is 1. The second-order valence-electron chi connectivity index (χ2n) is 7.61. The van der Waals surface area contributed by atoms with Gasteiger partial charge in [0.25, 0.3) is 5.91 Å². The second-order valence-corrected chi connectivity index (χ2v) is 7.61. The van der Waals surface area contributed by atoms with Crippen LogP contribution in [0.5, 0.6) is 0 Å². The monoisotopic (exact) mass is 457 g/mol. The number of carbonyl (C=O) groups is 2. The minimum Gasteiger partial charge on any atom is -0.351 e. The van der Waals surface area contributed by atoms with E-state index >= 15 is 0 Å². The Morgan fingerprint density at radius 3 is 2.41 bits per heavy atom. The first-order chi connectivity index (χ1) is 14.9. The predicted molar refractivity (Wildman–Crippen MR) is 131 cm³/mol. The van der Waals surface area contributed by atoms with Crippen molar-refractivity contribution in [2.24, 2.45) is 0 Å². The van der Waals surface area contributed by atoms with Gasteiger partial charge in [-0.3, -0.25) is 9.59 Å². The van der Waals surface area contributed by atoms with Crippen molar-refractivity contribution >= 4 is 35.6 Å². The van der Waals surface area contributed by atoms with E-state index in [1.807, 2.05) is 36.6 Å². The molecular formula is C24H32ClN5O2. The van der Waals surface area contributed by atoms with Crippen molar-refractivity contribution in [1.82, 2.24) is 19.6 Å². The van der Waals surface area contributed by atoms with E-state index in [1.165, 1.54) is 0 Å². The Bertz CT molecular complexity index is 1060. The number of imidazole rings is 1. The zero-order valence-corrected chi connectivity index (χ0v) is 20.0.